The lowest BCUT2D eigenvalue weighted by Crippen LogP contribution is -2.64. The maximum absolute atomic E-state index is 12.8. The monoisotopic (exact) mass is 1970 g/mol. The number of rotatable bonds is 26. The van der Waals surface area contributed by atoms with E-state index in [9.17, 15) is 44.2 Å². The van der Waals surface area contributed by atoms with Gasteiger partial charge < -0.3 is 35.6 Å². The van der Waals surface area contributed by atoms with Gasteiger partial charge in [0.2, 0.25) is 43.8 Å². The number of nitrogens with one attached hydrogen (secondary N) is 4. The molecule has 11 aromatic heterocycles. The summed E-state index contributed by atoms with van der Waals surface area (Å²) in [5.74, 6) is 1.90. The van der Waals surface area contributed by atoms with E-state index in [1.165, 1.54) is 49.1 Å². The zero-order chi connectivity index (χ0) is 95.4. The van der Waals surface area contributed by atoms with E-state index in [4.69, 9.17) is 44.9 Å². The highest BCUT2D eigenvalue weighted by Crippen LogP contribution is 2.43. The number of aromatic nitrogens is 14. The molecule has 0 radical (unpaired) electrons. The van der Waals surface area contributed by atoms with Crippen molar-refractivity contribution in [3.05, 3.63) is 216 Å². The number of morpholine rings is 1. The largest absolute Gasteiger partial charge is 0.378 e. The van der Waals surface area contributed by atoms with Crippen LogP contribution in [0.3, 0.4) is 0 Å². The molecule has 15 heterocycles. The Labute approximate surface area is 800 Å². The van der Waals surface area contributed by atoms with Crippen LogP contribution in [0.5, 0.6) is 0 Å². The Balaban J connectivity index is 0.000000126. The van der Waals surface area contributed by atoms with Crippen LogP contribution in [0, 0.1) is 50.7 Å². The number of thiophene rings is 4. The van der Waals surface area contributed by atoms with Gasteiger partial charge in [-0.3, -0.25) is 14.0 Å². The molecule has 16 aromatic rings. The molecule has 4 aliphatic rings. The molecule has 4 aliphatic heterocycles. The van der Waals surface area contributed by atoms with Crippen LogP contribution in [0.25, 0.3) is 85.9 Å². The van der Waals surface area contributed by atoms with Gasteiger partial charge in [-0.2, -0.15) is 45.0 Å². The van der Waals surface area contributed by atoms with Gasteiger partial charge in [0.1, 0.15) is 21.4 Å². The second-order valence-electron chi connectivity index (χ2n) is 34.0. The molecule has 43 heteroatoms. The smallest absolute Gasteiger partial charge is 0.229 e. The lowest BCUT2D eigenvalue weighted by atomic mass is 9.89. The Hall–Kier alpha value is -13.5. The van der Waals surface area contributed by atoms with Crippen molar-refractivity contribution in [3.63, 3.8) is 0 Å². The molecule has 0 spiro atoms. The average molecular weight is 1970 g/mol. The van der Waals surface area contributed by atoms with Gasteiger partial charge in [0.25, 0.3) is 0 Å². The first kappa shape index (κ1) is 94.3. The fourth-order valence-electron chi connectivity index (χ4n) is 15.8. The summed E-state index contributed by atoms with van der Waals surface area (Å²) in [5, 5.41) is 72.1. The van der Waals surface area contributed by atoms with E-state index in [1.54, 1.807) is 119 Å². The van der Waals surface area contributed by atoms with Crippen LogP contribution in [-0.2, 0) is 65.8 Å². The van der Waals surface area contributed by atoms with Gasteiger partial charge in [-0.05, 0) is 162 Å². The van der Waals surface area contributed by atoms with Crippen molar-refractivity contribution in [3.8, 4) is 69.3 Å². The van der Waals surface area contributed by atoms with Crippen LogP contribution in [0.2, 0.25) is 0 Å². The summed E-state index contributed by atoms with van der Waals surface area (Å²) < 4.78 is 120. The third kappa shape index (κ3) is 20.5. The molecule has 0 amide bonds. The summed E-state index contributed by atoms with van der Waals surface area (Å²) in [6.07, 6.45) is 12.5. The topological polar surface area (TPSA) is 465 Å². The highest BCUT2D eigenvalue weighted by atomic mass is 32.2. The SMILES string of the molecule is CC(C)(C)CS(=O)(=O)c1ccc(-c2nc(Nc3ccc(N4CCOCC4)cc3)nc3ccsc23)cc1.CCS(=O)(=O)N1CC(CC#N)(n2cc(-c3nc(Nc4ccc(C#N)cc4)nc4ccsc34)cn2)C1.CCS(=O)(=O)N1CC(CC#N)(n2cc(-c3nc(Nc4ccc(S(C)(=O)=O)cc4)nc4sccc34)cn2)C1.N#CCC1(n2cc(-c3nc(Nc4ccccc4)nc4ccsc34)cn2)COC1. The molecule has 35 nitrogen and oxygen atoms in total. The Kier molecular flexibility index (Phi) is 27.1. The molecule has 0 atom stereocenters. The van der Waals surface area contributed by atoms with Crippen molar-refractivity contribution in [1.82, 2.24) is 77.8 Å². The molecular formula is C93H89N25O10S8. The molecule has 0 saturated carbocycles. The van der Waals surface area contributed by atoms with Crippen LogP contribution in [-0.4, -0.2) is 201 Å². The number of nitrogens with zero attached hydrogens (tertiary/aromatic N) is 21. The van der Waals surface area contributed by atoms with Gasteiger partial charge in [0, 0.05) is 120 Å². The molecule has 4 saturated heterocycles. The summed E-state index contributed by atoms with van der Waals surface area (Å²) in [4.78, 5) is 41.1. The second-order valence-corrected chi connectivity index (χ2v) is 46.2. The van der Waals surface area contributed by atoms with E-state index in [2.05, 4.69) is 92.8 Å². The standard InChI is InChI=1S/C27H30N4O3S2.C23H20N8O2S2.C23H23N7O4S3.C20H16N6OS/c1-27(2,3)18-36(32,33)22-10-4-19(5-11-22)24-25-23(12-17-35-25)29-26(30-24)28-20-6-8-21(9-7-20)31-13-15-34-16-14-31;1-2-35(32,33)30-14-23(15-30,8-9-24)31-13-17(12-26-31)20-21-19(7-10-34-21)28-22(29-20)27-18-5-3-16(11-25)4-6-18;1-3-37(33,34)29-14-23(15-29,9-10-24)30-13-16(12-25-30)20-19-8-11-35-21(19)28-22(27-20)26-17-4-6-18(7-5-17)36(2,31)32;21-8-7-20(12-27-13-20)26-11-14(10-22-26)17-18-16(6-9-28-18)24-19(25-17)23-15-4-2-1-3-5-15/h4-12,17H,13-16,18H2,1-3H3,(H,28,29,30);3-7,10,12-13H,2,8,14-15H2,1H3,(H,27,28,29);4-8,11-13H,3,9,14-15H2,1-2H3,(H,26,27,28);1-6,9-11H,7,12-13H2,(H,23,24,25). The van der Waals surface area contributed by atoms with Crippen LogP contribution >= 0.6 is 45.3 Å². The number of fused-ring (bicyclic) bond motifs is 4. The fraction of sp³-hybridized carbons (Fsp3) is 0.280. The summed E-state index contributed by atoms with van der Waals surface area (Å²) in [6.45, 7) is 14.1. The quantitative estimate of drug-likeness (QED) is 0.0391. The van der Waals surface area contributed by atoms with E-state index in [1.807, 2.05) is 138 Å². The molecule has 4 fully saturated rings. The second kappa shape index (κ2) is 39.1. The fourth-order valence-corrected chi connectivity index (χ4v) is 24.1. The van der Waals surface area contributed by atoms with Gasteiger partial charge in [-0.15, -0.1) is 45.3 Å². The minimum absolute atomic E-state index is 0.00379. The van der Waals surface area contributed by atoms with E-state index in [-0.39, 0.29) is 72.1 Å². The van der Waals surface area contributed by atoms with Crippen molar-refractivity contribution < 1.29 is 43.1 Å². The summed E-state index contributed by atoms with van der Waals surface area (Å²) in [6, 6.07) is 54.9. The van der Waals surface area contributed by atoms with Crippen LogP contribution in [0.1, 0.15) is 59.4 Å². The Morgan fingerprint density at radius 1 is 0.434 bits per heavy atom. The van der Waals surface area contributed by atoms with E-state index in [0.29, 0.717) is 76.5 Å². The maximum Gasteiger partial charge on any atom is 0.229 e. The lowest BCUT2D eigenvalue weighted by Gasteiger charge is -2.47. The number of sulfone groups is 2. The summed E-state index contributed by atoms with van der Waals surface area (Å²) in [5.41, 5.74) is 11.5. The third-order valence-corrected chi connectivity index (χ3v) is 33.5. The molecule has 0 bridgehead atoms. The van der Waals surface area contributed by atoms with E-state index >= 15 is 0 Å². The lowest BCUT2D eigenvalue weighted by molar-refractivity contribution is -0.104. The molecule has 4 N–H and O–H groups in total. The highest BCUT2D eigenvalue weighted by molar-refractivity contribution is 7.91. The molecule has 20 rings (SSSR count). The molecule has 136 heavy (non-hydrogen) atoms. The average Bonchev–Trinajstić information content (AvgIpc) is 1.53. The first-order valence-corrected chi connectivity index (χ1v) is 53.2. The number of ether oxygens (including phenoxy) is 2. The van der Waals surface area contributed by atoms with Gasteiger partial charge in [-0.1, -0.05) is 51.1 Å². The van der Waals surface area contributed by atoms with Crippen molar-refractivity contribution >= 4 is 178 Å². The van der Waals surface area contributed by atoms with E-state index < -0.39 is 50.8 Å². The van der Waals surface area contributed by atoms with Gasteiger partial charge in [-0.25, -0.2) is 73.5 Å². The maximum atomic E-state index is 12.8. The van der Waals surface area contributed by atoms with Gasteiger partial charge >= 0.3 is 0 Å². The first-order valence-electron chi connectivity index (χ1n) is 42.9. The molecule has 694 valence electrons. The van der Waals surface area contributed by atoms with Gasteiger partial charge in [0.15, 0.2) is 19.7 Å². The summed E-state index contributed by atoms with van der Waals surface area (Å²) in [7, 11) is -13.3. The number of sulfonamides is 2. The predicted octanol–water partition coefficient (Wildman–Crippen LogP) is 16.1. The van der Waals surface area contributed by atoms with Crippen LogP contribution in [0.15, 0.2) is 220 Å². The van der Waals surface area contributed by atoms with Crippen LogP contribution < -0.4 is 26.2 Å². The number of hydrogen-bond acceptors (Lipinski definition) is 34. The van der Waals surface area contributed by atoms with Crippen molar-refractivity contribution in [2.75, 3.05) is 115 Å². The normalized spacial score (nSPS) is 15.3. The number of para-hydroxylation sites is 1. The Bertz CT molecular complexity index is 7770. The van der Waals surface area contributed by atoms with Gasteiger partial charge in [0.05, 0.1) is 175 Å². The Morgan fingerprint density at radius 2 is 0.831 bits per heavy atom. The number of benzene rings is 5. The third-order valence-electron chi connectivity index (χ3n) is 23.1. The molecule has 0 unspecified atom stereocenters. The van der Waals surface area contributed by atoms with Crippen LogP contribution in [0.4, 0.5) is 52.2 Å². The number of anilines is 9. The minimum Gasteiger partial charge on any atom is -0.378 e. The number of nitriles is 4. The molecule has 5 aromatic carbocycles. The summed E-state index contributed by atoms with van der Waals surface area (Å²) >= 11 is 6.15. The highest BCUT2D eigenvalue weighted by Gasteiger charge is 2.51. The molecular weight excluding hydrogens is 1880 g/mol. The van der Waals surface area contributed by atoms with E-state index in [0.717, 1.165) is 119 Å². The Morgan fingerprint density at radius 3 is 1.26 bits per heavy atom. The number of hydrogen-bond donors (Lipinski definition) is 4. The molecule has 0 aliphatic carbocycles. The predicted molar refractivity (Wildman–Crippen MR) is 528 cm³/mol. The van der Waals surface area contributed by atoms with Crippen molar-refractivity contribution in [2.24, 2.45) is 5.41 Å². The van der Waals surface area contributed by atoms with Crippen molar-refractivity contribution in [1.29, 1.82) is 21.0 Å². The first-order chi connectivity index (χ1) is 65.4. The zero-order valence-corrected chi connectivity index (χ0v) is 80.8. The minimum atomic E-state index is -3.36. The zero-order valence-electron chi connectivity index (χ0n) is 74.3. The van der Waals surface area contributed by atoms with Crippen molar-refractivity contribution in [2.45, 2.75) is 80.3 Å².